The molecule has 7 nitrogen and oxygen atoms in total. The fourth-order valence-electron chi connectivity index (χ4n) is 3.68. The van der Waals surface area contributed by atoms with Gasteiger partial charge in [0.25, 0.3) is 5.91 Å². The molecular weight excluding hydrogens is 467 g/mol. The maximum atomic E-state index is 13.3. The number of alkyl halides is 3. The van der Waals surface area contributed by atoms with E-state index in [9.17, 15) is 23.1 Å². The van der Waals surface area contributed by atoms with Crippen molar-refractivity contribution in [1.82, 2.24) is 19.5 Å². The number of hydrogen-bond acceptors (Lipinski definition) is 6. The molecule has 172 valence electrons. The number of aromatic nitrogens is 4. The molecular formula is C23H16F3N5O2S. The molecule has 0 spiro atoms. The molecule has 0 saturated carbocycles. The van der Waals surface area contributed by atoms with Crippen LogP contribution in [0, 0.1) is 0 Å². The van der Waals surface area contributed by atoms with E-state index in [0.717, 1.165) is 17.7 Å². The van der Waals surface area contributed by atoms with E-state index in [-0.39, 0.29) is 18.8 Å². The smallest absolute Gasteiger partial charge is 0.389 e. The molecule has 0 saturated heterocycles. The summed E-state index contributed by atoms with van der Waals surface area (Å²) in [6, 6.07) is 10.0. The van der Waals surface area contributed by atoms with Gasteiger partial charge in [0, 0.05) is 29.8 Å². The minimum absolute atomic E-state index is 0.195. The van der Waals surface area contributed by atoms with Gasteiger partial charge in [-0.15, -0.1) is 0 Å². The molecule has 1 aromatic carbocycles. The first-order valence-corrected chi connectivity index (χ1v) is 10.9. The molecule has 0 fully saturated rings. The molecule has 4 heterocycles. The van der Waals surface area contributed by atoms with Gasteiger partial charge in [0.05, 0.1) is 24.1 Å². The molecule has 2 N–H and O–H groups in total. The summed E-state index contributed by atoms with van der Waals surface area (Å²) in [4.78, 5) is 26.3. The number of thiazole rings is 1. The van der Waals surface area contributed by atoms with Crippen molar-refractivity contribution in [2.75, 3.05) is 5.32 Å². The second-order valence-electron chi connectivity index (χ2n) is 7.51. The number of aliphatic hydroxyl groups excluding tert-OH is 1. The summed E-state index contributed by atoms with van der Waals surface area (Å²) < 4.78 is 41.4. The summed E-state index contributed by atoms with van der Waals surface area (Å²) in [7, 11) is 0. The fourth-order valence-corrected chi connectivity index (χ4v) is 4.42. The quantitative estimate of drug-likeness (QED) is 0.373. The number of nitrogens with one attached hydrogen (secondary N) is 1. The monoisotopic (exact) mass is 483 g/mol. The van der Waals surface area contributed by atoms with E-state index in [1.165, 1.54) is 29.7 Å². The van der Waals surface area contributed by atoms with Crippen molar-refractivity contribution in [2.45, 2.75) is 19.3 Å². The predicted octanol–water partition coefficient (Wildman–Crippen LogP) is 4.85. The number of pyridine rings is 2. The highest BCUT2D eigenvalue weighted by atomic mass is 32.1. The Kier molecular flexibility index (Phi) is 5.50. The van der Waals surface area contributed by atoms with Gasteiger partial charge in [-0.3, -0.25) is 9.78 Å². The lowest BCUT2D eigenvalue weighted by molar-refractivity contribution is -0.137. The zero-order valence-electron chi connectivity index (χ0n) is 17.4. The summed E-state index contributed by atoms with van der Waals surface area (Å²) in [5, 5.41) is 12.8. The summed E-state index contributed by atoms with van der Waals surface area (Å²) in [6.07, 6.45) is 0.193. The first-order valence-electron chi connectivity index (χ1n) is 10.1. The highest BCUT2D eigenvalue weighted by Crippen LogP contribution is 2.33. The Bertz CT molecular complexity index is 1510. The Morgan fingerprint density at radius 2 is 1.91 bits per heavy atom. The van der Waals surface area contributed by atoms with Crippen molar-refractivity contribution in [3.05, 3.63) is 82.9 Å². The van der Waals surface area contributed by atoms with Crippen molar-refractivity contribution in [2.24, 2.45) is 0 Å². The summed E-state index contributed by atoms with van der Waals surface area (Å²) in [5.74, 6) is -0.502. The topological polar surface area (TPSA) is 92.9 Å². The first-order chi connectivity index (χ1) is 16.3. The molecule has 0 aliphatic heterocycles. The van der Waals surface area contributed by atoms with Crippen LogP contribution in [0.25, 0.3) is 21.3 Å². The van der Waals surface area contributed by atoms with Crippen LogP contribution in [0.1, 0.15) is 26.6 Å². The zero-order chi connectivity index (χ0) is 23.9. The summed E-state index contributed by atoms with van der Waals surface area (Å²) in [5.41, 5.74) is 1.65. The Morgan fingerprint density at radius 1 is 1.12 bits per heavy atom. The number of rotatable bonds is 5. The maximum absolute atomic E-state index is 13.3. The lowest BCUT2D eigenvalue weighted by Crippen LogP contribution is -2.17. The first kappa shape index (κ1) is 22.0. The van der Waals surface area contributed by atoms with Crippen molar-refractivity contribution in [1.29, 1.82) is 0 Å². The molecule has 34 heavy (non-hydrogen) atoms. The predicted molar refractivity (Wildman–Crippen MR) is 122 cm³/mol. The van der Waals surface area contributed by atoms with Gasteiger partial charge in [0.1, 0.15) is 21.0 Å². The molecule has 5 rings (SSSR count). The van der Waals surface area contributed by atoms with E-state index in [1.54, 1.807) is 35.2 Å². The van der Waals surface area contributed by atoms with Gasteiger partial charge in [0.2, 0.25) is 0 Å². The van der Waals surface area contributed by atoms with Crippen molar-refractivity contribution < 1.29 is 23.1 Å². The normalized spacial score (nSPS) is 11.9. The number of aliphatic hydroxyl groups is 1. The molecule has 1 amide bonds. The van der Waals surface area contributed by atoms with Gasteiger partial charge in [-0.2, -0.15) is 13.2 Å². The number of fused-ring (bicyclic) bond motifs is 2. The van der Waals surface area contributed by atoms with Crippen LogP contribution in [0.2, 0.25) is 0 Å². The summed E-state index contributed by atoms with van der Waals surface area (Å²) >= 11 is 1.25. The van der Waals surface area contributed by atoms with Crippen molar-refractivity contribution in [3.8, 4) is 0 Å². The van der Waals surface area contributed by atoms with Crippen LogP contribution in [-0.2, 0) is 19.3 Å². The molecule has 0 unspecified atom stereocenters. The van der Waals surface area contributed by atoms with E-state index >= 15 is 0 Å². The van der Waals surface area contributed by atoms with E-state index in [1.807, 2.05) is 0 Å². The van der Waals surface area contributed by atoms with Gasteiger partial charge in [-0.1, -0.05) is 11.3 Å². The number of halogens is 3. The Balaban J connectivity index is 1.54. The number of carbonyl (C=O) groups excluding carboxylic acids is 1. The summed E-state index contributed by atoms with van der Waals surface area (Å²) in [6.45, 7) is 0.0567. The minimum Gasteiger partial charge on any atom is -0.389 e. The lowest BCUT2D eigenvalue weighted by Gasteiger charge is -2.12. The van der Waals surface area contributed by atoms with Crippen LogP contribution in [0.4, 0.5) is 18.9 Å². The standard InChI is InChI=1S/C23H16F3N5O2S/c24-23(25,26)15-1-2-18-14(7-15)8-19(31(18)11-13-3-5-27-6-4-13)21(33)29-16-9-17-22(28-10-16)34-20(12-32)30-17/h1-10,32H,11-12H2,(H,29,33). The highest BCUT2D eigenvalue weighted by Gasteiger charge is 2.31. The molecule has 0 bridgehead atoms. The molecule has 11 heteroatoms. The largest absolute Gasteiger partial charge is 0.416 e. The third kappa shape index (κ3) is 4.22. The zero-order valence-corrected chi connectivity index (χ0v) is 18.2. The fraction of sp³-hybridized carbons (Fsp3) is 0.130. The number of carbonyl (C=O) groups is 1. The number of benzene rings is 1. The van der Waals surface area contributed by atoms with Gasteiger partial charge in [-0.25, -0.2) is 9.97 Å². The maximum Gasteiger partial charge on any atom is 0.416 e. The van der Waals surface area contributed by atoms with Crippen LogP contribution < -0.4 is 5.32 Å². The average molecular weight is 483 g/mol. The van der Waals surface area contributed by atoms with E-state index in [0.29, 0.717) is 31.9 Å². The van der Waals surface area contributed by atoms with Crippen LogP contribution in [0.3, 0.4) is 0 Å². The van der Waals surface area contributed by atoms with Crippen molar-refractivity contribution in [3.63, 3.8) is 0 Å². The third-order valence-electron chi connectivity index (χ3n) is 5.24. The van der Waals surface area contributed by atoms with Crippen LogP contribution >= 0.6 is 11.3 Å². The number of amides is 1. The number of anilines is 1. The molecule has 5 aromatic rings. The molecule has 4 aromatic heterocycles. The number of hydrogen-bond donors (Lipinski definition) is 2. The van der Waals surface area contributed by atoms with Crippen molar-refractivity contribution >= 4 is 44.2 Å². The minimum atomic E-state index is -4.49. The van der Waals surface area contributed by atoms with Crippen LogP contribution in [-0.4, -0.2) is 30.5 Å². The second-order valence-corrected chi connectivity index (χ2v) is 8.57. The van der Waals surface area contributed by atoms with Gasteiger partial charge in [-0.05, 0) is 48.0 Å². The highest BCUT2D eigenvalue weighted by molar-refractivity contribution is 7.18. The molecule has 0 atom stereocenters. The Labute approximate surface area is 194 Å². The number of nitrogens with zero attached hydrogens (tertiary/aromatic N) is 4. The van der Waals surface area contributed by atoms with Gasteiger partial charge in [0.15, 0.2) is 0 Å². The van der Waals surface area contributed by atoms with Gasteiger partial charge >= 0.3 is 6.18 Å². The van der Waals surface area contributed by atoms with Gasteiger partial charge < -0.3 is 15.0 Å². The third-order valence-corrected chi connectivity index (χ3v) is 6.20. The Hall–Kier alpha value is -3.83. The van der Waals surface area contributed by atoms with E-state index in [2.05, 4.69) is 20.3 Å². The lowest BCUT2D eigenvalue weighted by atomic mass is 10.1. The molecule has 0 aliphatic rings. The Morgan fingerprint density at radius 3 is 2.65 bits per heavy atom. The second kappa shape index (κ2) is 8.50. The van der Waals surface area contributed by atoms with E-state index in [4.69, 9.17) is 0 Å². The van der Waals surface area contributed by atoms with Crippen LogP contribution in [0.15, 0.2) is 61.1 Å². The molecule has 0 aliphatic carbocycles. The van der Waals surface area contributed by atoms with Crippen LogP contribution in [0.5, 0.6) is 0 Å². The SMILES string of the molecule is O=C(Nc1cnc2sc(CO)nc2c1)c1cc2cc(C(F)(F)F)ccc2n1Cc1ccncc1. The molecule has 0 radical (unpaired) electrons. The average Bonchev–Trinajstić information content (AvgIpc) is 3.40. The van der Waals surface area contributed by atoms with E-state index < -0.39 is 17.6 Å².